The van der Waals surface area contributed by atoms with Gasteiger partial charge in [-0.2, -0.15) is 0 Å². The van der Waals surface area contributed by atoms with E-state index in [1.165, 1.54) is 12.8 Å². The zero-order valence-corrected chi connectivity index (χ0v) is 10.6. The summed E-state index contributed by atoms with van der Waals surface area (Å²) in [4.78, 5) is 0. The Morgan fingerprint density at radius 2 is 2.06 bits per heavy atom. The van der Waals surface area contributed by atoms with Gasteiger partial charge in [-0.25, -0.2) is 0 Å². The highest BCUT2D eigenvalue weighted by atomic mass is 16.5. The molecule has 1 aliphatic rings. The summed E-state index contributed by atoms with van der Waals surface area (Å²) in [5, 5.41) is 0. The van der Waals surface area contributed by atoms with Gasteiger partial charge in [0.05, 0.1) is 13.2 Å². The van der Waals surface area contributed by atoms with E-state index < -0.39 is 0 Å². The van der Waals surface area contributed by atoms with Gasteiger partial charge in [0, 0.05) is 11.8 Å². The average Bonchev–Trinajstić information content (AvgIpc) is 2.29. The summed E-state index contributed by atoms with van der Waals surface area (Å²) in [6.07, 6.45) is 5.11. The maximum absolute atomic E-state index is 6.02. The molecule has 0 aromatic heterocycles. The molecule has 94 valence electrons. The van der Waals surface area contributed by atoms with Gasteiger partial charge in [0.2, 0.25) is 0 Å². The van der Waals surface area contributed by atoms with Crippen LogP contribution in [0, 0.1) is 5.92 Å². The van der Waals surface area contributed by atoms with Crippen molar-refractivity contribution in [3.63, 3.8) is 0 Å². The highest BCUT2D eigenvalue weighted by molar-refractivity contribution is 5.52. The van der Waals surface area contributed by atoms with Crippen LogP contribution in [0.5, 0.6) is 11.5 Å². The third-order valence-corrected chi connectivity index (χ3v) is 3.37. The predicted molar refractivity (Wildman–Crippen MR) is 69.5 cm³/mol. The summed E-state index contributed by atoms with van der Waals surface area (Å²) in [5.41, 5.74) is 6.49. The number of rotatable bonds is 3. The Hall–Kier alpha value is -1.38. The molecule has 0 aliphatic heterocycles. The molecule has 1 aromatic carbocycles. The van der Waals surface area contributed by atoms with Gasteiger partial charge in [-0.05, 0) is 37.3 Å². The fourth-order valence-corrected chi connectivity index (χ4v) is 2.45. The number of methoxy groups -OCH3 is 1. The minimum absolute atomic E-state index is 0.300. The van der Waals surface area contributed by atoms with E-state index in [9.17, 15) is 0 Å². The number of nitrogen functional groups attached to an aromatic ring is 1. The Morgan fingerprint density at radius 3 is 2.76 bits per heavy atom. The molecule has 2 atom stereocenters. The summed E-state index contributed by atoms with van der Waals surface area (Å²) in [7, 11) is 1.65. The van der Waals surface area contributed by atoms with E-state index in [-0.39, 0.29) is 0 Å². The zero-order valence-electron chi connectivity index (χ0n) is 10.6. The van der Waals surface area contributed by atoms with Crippen molar-refractivity contribution < 1.29 is 9.47 Å². The van der Waals surface area contributed by atoms with Gasteiger partial charge < -0.3 is 15.2 Å². The van der Waals surface area contributed by atoms with Crippen LogP contribution in [0.25, 0.3) is 0 Å². The van der Waals surface area contributed by atoms with Crippen LogP contribution in [0.4, 0.5) is 5.69 Å². The summed E-state index contributed by atoms with van der Waals surface area (Å²) in [6, 6.07) is 5.53. The molecule has 0 heterocycles. The number of anilines is 1. The lowest BCUT2D eigenvalue weighted by Gasteiger charge is -2.28. The van der Waals surface area contributed by atoms with Gasteiger partial charge in [0.25, 0.3) is 0 Å². The Labute approximate surface area is 103 Å². The van der Waals surface area contributed by atoms with E-state index in [0.29, 0.717) is 11.8 Å². The van der Waals surface area contributed by atoms with E-state index in [0.717, 1.165) is 30.3 Å². The smallest absolute Gasteiger partial charge is 0.163 e. The Balaban J connectivity index is 2.08. The molecule has 0 bridgehead atoms. The number of benzene rings is 1. The normalized spacial score (nSPS) is 24.4. The SMILES string of the molecule is COc1ccc(N)cc1OC1CCCC(C)C1. The topological polar surface area (TPSA) is 44.5 Å². The van der Waals surface area contributed by atoms with Crippen LogP contribution < -0.4 is 15.2 Å². The molecule has 0 saturated heterocycles. The number of ether oxygens (including phenoxy) is 2. The van der Waals surface area contributed by atoms with E-state index in [1.54, 1.807) is 7.11 Å². The maximum atomic E-state index is 6.02. The van der Waals surface area contributed by atoms with Crippen LogP contribution in [0.15, 0.2) is 18.2 Å². The summed E-state index contributed by atoms with van der Waals surface area (Å²) in [6.45, 7) is 2.28. The number of nitrogens with two attached hydrogens (primary N) is 1. The lowest BCUT2D eigenvalue weighted by molar-refractivity contribution is 0.125. The standard InChI is InChI=1S/C14H21NO2/c1-10-4-3-5-12(8-10)17-14-9-11(15)6-7-13(14)16-2/h6-7,9-10,12H,3-5,8,15H2,1-2H3. The molecule has 0 amide bonds. The van der Waals surface area contributed by atoms with E-state index in [1.807, 2.05) is 18.2 Å². The Kier molecular flexibility index (Phi) is 3.77. The average molecular weight is 235 g/mol. The lowest BCUT2D eigenvalue weighted by Crippen LogP contribution is -2.24. The molecule has 3 nitrogen and oxygen atoms in total. The first kappa shape index (κ1) is 12.1. The quantitative estimate of drug-likeness (QED) is 0.818. The fourth-order valence-electron chi connectivity index (χ4n) is 2.45. The lowest BCUT2D eigenvalue weighted by atomic mass is 9.89. The summed E-state index contributed by atoms with van der Waals surface area (Å²) >= 11 is 0. The van der Waals surface area contributed by atoms with Crippen molar-refractivity contribution in [1.29, 1.82) is 0 Å². The van der Waals surface area contributed by atoms with Crippen molar-refractivity contribution in [2.75, 3.05) is 12.8 Å². The second-order valence-electron chi connectivity index (χ2n) is 4.92. The van der Waals surface area contributed by atoms with Crippen LogP contribution in [0.3, 0.4) is 0 Å². The summed E-state index contributed by atoms with van der Waals surface area (Å²) in [5.74, 6) is 2.28. The second kappa shape index (κ2) is 5.30. The minimum atomic E-state index is 0.300. The molecule has 0 radical (unpaired) electrons. The van der Waals surface area contributed by atoms with Crippen molar-refractivity contribution in [2.45, 2.75) is 38.7 Å². The maximum Gasteiger partial charge on any atom is 0.163 e. The van der Waals surface area contributed by atoms with Gasteiger partial charge in [0.1, 0.15) is 0 Å². The molecule has 2 N–H and O–H groups in total. The zero-order chi connectivity index (χ0) is 12.3. The van der Waals surface area contributed by atoms with Crippen LogP contribution in [-0.2, 0) is 0 Å². The van der Waals surface area contributed by atoms with Crippen molar-refractivity contribution in [2.24, 2.45) is 5.92 Å². The molecule has 2 unspecified atom stereocenters. The molecule has 3 heteroatoms. The fraction of sp³-hybridized carbons (Fsp3) is 0.571. The van der Waals surface area contributed by atoms with Crippen molar-refractivity contribution >= 4 is 5.69 Å². The van der Waals surface area contributed by atoms with Gasteiger partial charge in [-0.3, -0.25) is 0 Å². The Morgan fingerprint density at radius 1 is 1.24 bits per heavy atom. The molecule has 2 rings (SSSR count). The van der Waals surface area contributed by atoms with Gasteiger partial charge >= 0.3 is 0 Å². The highest BCUT2D eigenvalue weighted by Gasteiger charge is 2.21. The molecule has 17 heavy (non-hydrogen) atoms. The largest absolute Gasteiger partial charge is 0.493 e. The second-order valence-corrected chi connectivity index (χ2v) is 4.92. The monoisotopic (exact) mass is 235 g/mol. The van der Waals surface area contributed by atoms with Gasteiger partial charge in [0.15, 0.2) is 11.5 Å². The molecule has 1 aliphatic carbocycles. The first-order valence-electron chi connectivity index (χ1n) is 6.29. The first-order valence-corrected chi connectivity index (χ1v) is 6.29. The third-order valence-electron chi connectivity index (χ3n) is 3.37. The van der Waals surface area contributed by atoms with Crippen LogP contribution >= 0.6 is 0 Å². The van der Waals surface area contributed by atoms with Gasteiger partial charge in [-0.15, -0.1) is 0 Å². The minimum Gasteiger partial charge on any atom is -0.493 e. The van der Waals surface area contributed by atoms with Crippen molar-refractivity contribution in [3.05, 3.63) is 18.2 Å². The van der Waals surface area contributed by atoms with Crippen LogP contribution in [0.2, 0.25) is 0 Å². The molecule has 1 saturated carbocycles. The van der Waals surface area contributed by atoms with Crippen LogP contribution in [-0.4, -0.2) is 13.2 Å². The van der Waals surface area contributed by atoms with E-state index in [2.05, 4.69) is 6.92 Å². The van der Waals surface area contributed by atoms with Gasteiger partial charge in [-0.1, -0.05) is 13.3 Å². The third kappa shape index (κ3) is 3.05. The number of hydrogen-bond donors (Lipinski definition) is 1. The van der Waals surface area contributed by atoms with Crippen molar-refractivity contribution in [1.82, 2.24) is 0 Å². The van der Waals surface area contributed by atoms with E-state index >= 15 is 0 Å². The molecule has 0 spiro atoms. The predicted octanol–water partition coefficient (Wildman–Crippen LogP) is 3.23. The molecular weight excluding hydrogens is 214 g/mol. The summed E-state index contributed by atoms with van der Waals surface area (Å²) < 4.78 is 11.3. The van der Waals surface area contributed by atoms with E-state index in [4.69, 9.17) is 15.2 Å². The highest BCUT2D eigenvalue weighted by Crippen LogP contribution is 2.33. The number of hydrogen-bond acceptors (Lipinski definition) is 3. The molecule has 1 aromatic rings. The molecule has 1 fully saturated rings. The molecular formula is C14H21NO2. The Bertz CT molecular complexity index is 378. The van der Waals surface area contributed by atoms with Crippen molar-refractivity contribution in [3.8, 4) is 11.5 Å². The van der Waals surface area contributed by atoms with Crippen LogP contribution in [0.1, 0.15) is 32.6 Å². The first-order chi connectivity index (χ1) is 8.19.